The molecule has 0 bridgehead atoms. The molecule has 0 amide bonds. The van der Waals surface area contributed by atoms with Crippen LogP contribution in [0.3, 0.4) is 0 Å². The highest BCUT2D eigenvalue weighted by Crippen LogP contribution is 2.57. The van der Waals surface area contributed by atoms with Crippen molar-refractivity contribution < 1.29 is 0 Å². The van der Waals surface area contributed by atoms with Gasteiger partial charge in [-0.3, -0.25) is 0 Å². The minimum Gasteiger partial charge on any atom is -0.310 e. The van der Waals surface area contributed by atoms with Crippen molar-refractivity contribution >= 4 is 38.9 Å². The molecule has 1 aliphatic carbocycles. The molecule has 0 aliphatic heterocycles. The molecule has 0 unspecified atom stereocenters. The molecule has 9 aromatic rings. The molecule has 10 rings (SSSR count). The zero-order chi connectivity index (χ0) is 38.3. The smallest absolute Gasteiger partial charge is 0.0547 e. The Morgan fingerprint density at radius 2 is 0.982 bits per heavy atom. The number of hydrogen-bond donors (Lipinski definition) is 0. The number of fused-ring (bicyclic) bond motifs is 6. The van der Waals surface area contributed by atoms with E-state index in [0.29, 0.717) is 0 Å². The summed E-state index contributed by atoms with van der Waals surface area (Å²) >= 11 is 0. The second-order valence-electron chi connectivity index (χ2n) is 15.5. The number of aromatic nitrogens is 1. The van der Waals surface area contributed by atoms with Gasteiger partial charge in [0, 0.05) is 38.8 Å². The second kappa shape index (κ2) is 14.5. The minimum atomic E-state index is 0.00967. The van der Waals surface area contributed by atoms with Gasteiger partial charge in [0.15, 0.2) is 0 Å². The molecule has 2 nitrogen and oxygen atoms in total. The van der Waals surface area contributed by atoms with Crippen molar-refractivity contribution in [1.82, 2.24) is 4.57 Å². The maximum atomic E-state index is 2.49. The molecule has 57 heavy (non-hydrogen) atoms. The van der Waals surface area contributed by atoms with E-state index in [0.717, 1.165) is 37.1 Å². The third kappa shape index (κ3) is 5.70. The van der Waals surface area contributed by atoms with Crippen LogP contribution in [-0.2, 0) is 5.41 Å². The monoisotopic (exact) mass is 734 g/mol. The average molecular weight is 735 g/mol. The van der Waals surface area contributed by atoms with Gasteiger partial charge in [-0.1, -0.05) is 166 Å². The van der Waals surface area contributed by atoms with Gasteiger partial charge in [0.25, 0.3) is 0 Å². The summed E-state index contributed by atoms with van der Waals surface area (Å²) in [6.45, 7) is 4.67. The van der Waals surface area contributed by atoms with E-state index in [2.05, 4.69) is 217 Å². The van der Waals surface area contributed by atoms with Crippen LogP contribution < -0.4 is 4.90 Å². The molecule has 1 aromatic heterocycles. The van der Waals surface area contributed by atoms with Crippen molar-refractivity contribution in [2.75, 3.05) is 4.90 Å². The molecule has 0 saturated carbocycles. The van der Waals surface area contributed by atoms with Crippen LogP contribution >= 0.6 is 0 Å². The Balaban J connectivity index is 1.15. The molecular formula is C55H46N2. The fraction of sp³-hybridized carbons (Fsp3) is 0.127. The summed E-state index contributed by atoms with van der Waals surface area (Å²) in [7, 11) is 0. The van der Waals surface area contributed by atoms with Crippen molar-refractivity contribution in [3.8, 4) is 39.1 Å². The topological polar surface area (TPSA) is 8.17 Å². The fourth-order valence-corrected chi connectivity index (χ4v) is 9.96. The van der Waals surface area contributed by atoms with E-state index in [4.69, 9.17) is 0 Å². The Morgan fingerprint density at radius 3 is 1.70 bits per heavy atom. The summed E-state index contributed by atoms with van der Waals surface area (Å²) in [5, 5.41) is 2.54. The SMILES string of the molecule is CCCC1(CCC)c2ccccc2-c2c(N(c3ccc(-c4ccccc4)cc3)c3ccc(-c4cccc5c4c4ccccc4n5-c4ccccc4)cc3)cccc21. The molecule has 276 valence electrons. The van der Waals surface area contributed by atoms with Gasteiger partial charge in [0.05, 0.1) is 16.7 Å². The van der Waals surface area contributed by atoms with Crippen molar-refractivity contribution in [2.24, 2.45) is 0 Å². The number of para-hydroxylation sites is 2. The summed E-state index contributed by atoms with van der Waals surface area (Å²) in [4.78, 5) is 2.49. The molecule has 0 radical (unpaired) electrons. The Morgan fingerprint density at radius 1 is 0.439 bits per heavy atom. The molecular weight excluding hydrogens is 689 g/mol. The van der Waals surface area contributed by atoms with Gasteiger partial charge in [-0.25, -0.2) is 0 Å². The maximum absolute atomic E-state index is 2.49. The molecule has 8 aromatic carbocycles. The normalized spacial score (nSPS) is 12.8. The lowest BCUT2D eigenvalue weighted by atomic mass is 9.71. The molecule has 1 heterocycles. The van der Waals surface area contributed by atoms with E-state index >= 15 is 0 Å². The highest BCUT2D eigenvalue weighted by atomic mass is 15.1. The van der Waals surface area contributed by atoms with Crippen molar-refractivity contribution in [3.63, 3.8) is 0 Å². The van der Waals surface area contributed by atoms with E-state index < -0.39 is 0 Å². The largest absolute Gasteiger partial charge is 0.310 e. The maximum Gasteiger partial charge on any atom is 0.0547 e. The van der Waals surface area contributed by atoms with Crippen LogP contribution in [0.15, 0.2) is 194 Å². The van der Waals surface area contributed by atoms with Crippen molar-refractivity contribution in [2.45, 2.75) is 44.9 Å². The molecule has 0 spiro atoms. The number of anilines is 3. The van der Waals surface area contributed by atoms with E-state index in [1.54, 1.807) is 0 Å². The molecule has 0 fully saturated rings. The fourth-order valence-electron chi connectivity index (χ4n) is 9.96. The molecule has 2 heteroatoms. The second-order valence-corrected chi connectivity index (χ2v) is 15.5. The van der Waals surface area contributed by atoms with E-state index in [-0.39, 0.29) is 5.41 Å². The van der Waals surface area contributed by atoms with Crippen LogP contribution in [0.25, 0.3) is 60.9 Å². The first-order valence-corrected chi connectivity index (χ1v) is 20.6. The van der Waals surface area contributed by atoms with Crippen LogP contribution in [0, 0.1) is 0 Å². The Hall–Kier alpha value is -6.64. The number of benzene rings is 8. The summed E-state index contributed by atoms with van der Waals surface area (Å²) in [6.07, 6.45) is 4.56. The number of hydrogen-bond acceptors (Lipinski definition) is 1. The first-order chi connectivity index (χ1) is 28.2. The van der Waals surface area contributed by atoms with Gasteiger partial charge in [-0.15, -0.1) is 0 Å². The standard InChI is InChI=1S/C55H46N2/c1-3-37-55(38-4-2)48-24-13-11-21-46(48)54-49(55)25-16-28-52(54)56(43-33-29-40(30-34-43)39-17-7-5-8-18-39)44-35-31-41(32-36-44)45-23-15-27-51-53(45)47-22-12-14-26-50(47)57(51)42-19-9-6-10-20-42/h5-36H,3-4,37-38H2,1-2H3. The molecule has 0 N–H and O–H groups in total. The molecule has 0 saturated heterocycles. The Bertz CT molecular complexity index is 2840. The predicted molar refractivity (Wildman–Crippen MR) is 242 cm³/mol. The van der Waals surface area contributed by atoms with E-state index in [9.17, 15) is 0 Å². The van der Waals surface area contributed by atoms with E-state index in [1.807, 2.05) is 0 Å². The van der Waals surface area contributed by atoms with Gasteiger partial charge in [0.1, 0.15) is 0 Å². The summed E-state index contributed by atoms with van der Waals surface area (Å²) in [5.74, 6) is 0. The summed E-state index contributed by atoms with van der Waals surface area (Å²) in [5.41, 5.74) is 17.7. The predicted octanol–water partition coefficient (Wildman–Crippen LogP) is 15.5. The minimum absolute atomic E-state index is 0.00967. The van der Waals surface area contributed by atoms with E-state index in [1.165, 1.54) is 77.7 Å². The van der Waals surface area contributed by atoms with Crippen LogP contribution in [-0.4, -0.2) is 4.57 Å². The van der Waals surface area contributed by atoms with Crippen LogP contribution in [0.2, 0.25) is 0 Å². The molecule has 0 atom stereocenters. The Labute approximate surface area is 336 Å². The zero-order valence-corrected chi connectivity index (χ0v) is 32.7. The van der Waals surface area contributed by atoms with Gasteiger partial charge in [0.2, 0.25) is 0 Å². The van der Waals surface area contributed by atoms with Gasteiger partial charge in [-0.2, -0.15) is 0 Å². The summed E-state index contributed by atoms with van der Waals surface area (Å²) in [6, 6.07) is 71.6. The highest BCUT2D eigenvalue weighted by molar-refractivity contribution is 6.15. The highest BCUT2D eigenvalue weighted by Gasteiger charge is 2.43. The zero-order valence-electron chi connectivity index (χ0n) is 32.7. The van der Waals surface area contributed by atoms with Crippen LogP contribution in [0.5, 0.6) is 0 Å². The number of nitrogens with zero attached hydrogens (tertiary/aromatic N) is 2. The first-order valence-electron chi connectivity index (χ1n) is 20.6. The van der Waals surface area contributed by atoms with Crippen LogP contribution in [0.1, 0.15) is 50.7 Å². The van der Waals surface area contributed by atoms with Gasteiger partial charge >= 0.3 is 0 Å². The Kier molecular flexibility index (Phi) is 8.83. The summed E-state index contributed by atoms with van der Waals surface area (Å²) < 4.78 is 2.40. The average Bonchev–Trinajstić information content (AvgIpc) is 3.76. The lowest BCUT2D eigenvalue weighted by molar-refractivity contribution is 0.436. The quantitative estimate of drug-likeness (QED) is 0.136. The van der Waals surface area contributed by atoms with Crippen molar-refractivity contribution in [3.05, 3.63) is 205 Å². The lowest BCUT2D eigenvalue weighted by Gasteiger charge is -2.33. The molecule has 1 aliphatic rings. The van der Waals surface area contributed by atoms with Gasteiger partial charge in [-0.05, 0) is 106 Å². The third-order valence-corrected chi connectivity index (χ3v) is 12.2. The van der Waals surface area contributed by atoms with Crippen LogP contribution in [0.4, 0.5) is 17.1 Å². The van der Waals surface area contributed by atoms with Crippen molar-refractivity contribution in [1.29, 1.82) is 0 Å². The first kappa shape index (κ1) is 34.8. The van der Waals surface area contributed by atoms with Gasteiger partial charge < -0.3 is 9.47 Å². The third-order valence-electron chi connectivity index (χ3n) is 12.2. The lowest BCUT2D eigenvalue weighted by Crippen LogP contribution is -2.25. The number of rotatable bonds is 10.